The molecule has 1 unspecified atom stereocenters. The van der Waals surface area contributed by atoms with Crippen molar-refractivity contribution in [2.45, 2.75) is 23.2 Å². The van der Waals surface area contributed by atoms with Crippen molar-refractivity contribution < 1.29 is 9.90 Å². The van der Waals surface area contributed by atoms with Crippen LogP contribution in [0.15, 0.2) is 17.6 Å². The maximum absolute atomic E-state index is 10.9. The van der Waals surface area contributed by atoms with Crippen LogP contribution < -0.4 is 0 Å². The molecule has 98 valence electrons. The number of nitrogens with zero attached hydrogens (tertiary/aromatic N) is 3. The van der Waals surface area contributed by atoms with Gasteiger partial charge in [0.05, 0.1) is 0 Å². The third-order valence-electron chi connectivity index (χ3n) is 4.03. The largest absolute Gasteiger partial charge is 0.465 e. The molecule has 1 N–H and O–H groups in total. The molecular weight excluding hydrogens is 250 g/mol. The van der Waals surface area contributed by atoms with E-state index in [1.807, 2.05) is 35.8 Å². The fraction of sp³-hybridized carbons (Fsp3) is 0.667. The summed E-state index contributed by atoms with van der Waals surface area (Å²) in [6.07, 6.45) is 5.25. The van der Waals surface area contributed by atoms with E-state index in [1.54, 1.807) is 4.90 Å². The second-order valence-electron chi connectivity index (χ2n) is 5.24. The summed E-state index contributed by atoms with van der Waals surface area (Å²) in [6, 6.07) is 0. The van der Waals surface area contributed by atoms with Crippen molar-refractivity contribution in [1.29, 1.82) is 0 Å². The molecule has 1 amide bonds. The number of carbonyl (C=O) groups is 1. The van der Waals surface area contributed by atoms with Crippen LogP contribution >= 0.6 is 11.8 Å². The summed E-state index contributed by atoms with van der Waals surface area (Å²) in [4.78, 5) is 16.8. The van der Waals surface area contributed by atoms with Crippen molar-refractivity contribution in [2.24, 2.45) is 18.9 Å². The molecule has 1 aromatic heterocycles. The lowest BCUT2D eigenvalue weighted by Crippen LogP contribution is -2.28. The maximum Gasteiger partial charge on any atom is 0.407 e. The number of carboxylic acid groups (broad SMARTS) is 1. The second kappa shape index (κ2) is 4.50. The van der Waals surface area contributed by atoms with E-state index in [-0.39, 0.29) is 0 Å². The minimum Gasteiger partial charge on any atom is -0.465 e. The zero-order valence-electron chi connectivity index (χ0n) is 10.3. The van der Waals surface area contributed by atoms with Crippen LogP contribution in [0.5, 0.6) is 0 Å². The first-order chi connectivity index (χ1) is 8.63. The Kier molecular flexibility index (Phi) is 2.97. The molecule has 1 aliphatic carbocycles. The van der Waals surface area contributed by atoms with Gasteiger partial charge in [-0.1, -0.05) is 11.8 Å². The molecule has 0 radical (unpaired) electrons. The second-order valence-corrected chi connectivity index (χ2v) is 6.51. The summed E-state index contributed by atoms with van der Waals surface area (Å²) in [6.45, 7) is 1.44. The predicted molar refractivity (Wildman–Crippen MR) is 68.7 cm³/mol. The number of amides is 1. The molecule has 1 saturated heterocycles. The Morgan fingerprint density at radius 1 is 1.44 bits per heavy atom. The molecule has 0 bridgehead atoms. The van der Waals surface area contributed by atoms with Crippen LogP contribution in [-0.2, 0) is 7.05 Å². The Morgan fingerprint density at radius 2 is 2.11 bits per heavy atom. The fourth-order valence-electron chi connectivity index (χ4n) is 3.11. The lowest BCUT2D eigenvalue weighted by atomic mass is 10.0. The number of likely N-dealkylation sites (tertiary alicyclic amines) is 1. The van der Waals surface area contributed by atoms with Crippen LogP contribution in [0.2, 0.25) is 0 Å². The van der Waals surface area contributed by atoms with Gasteiger partial charge < -0.3 is 14.6 Å². The molecule has 2 fully saturated rings. The average molecular weight is 267 g/mol. The number of aryl methyl sites for hydroxylation is 1. The molecule has 18 heavy (non-hydrogen) atoms. The molecule has 1 aliphatic heterocycles. The van der Waals surface area contributed by atoms with E-state index in [0.29, 0.717) is 17.1 Å². The van der Waals surface area contributed by atoms with E-state index in [1.165, 1.54) is 0 Å². The highest BCUT2D eigenvalue weighted by atomic mass is 32.2. The van der Waals surface area contributed by atoms with Crippen molar-refractivity contribution in [3.63, 3.8) is 0 Å². The fourth-order valence-corrected chi connectivity index (χ4v) is 4.45. The van der Waals surface area contributed by atoms with Crippen molar-refractivity contribution in [3.05, 3.63) is 12.4 Å². The average Bonchev–Trinajstić information content (AvgIpc) is 2.94. The van der Waals surface area contributed by atoms with Gasteiger partial charge in [-0.15, -0.1) is 0 Å². The maximum atomic E-state index is 10.9. The van der Waals surface area contributed by atoms with Crippen LogP contribution in [0.1, 0.15) is 12.8 Å². The first kappa shape index (κ1) is 11.9. The van der Waals surface area contributed by atoms with Crippen molar-refractivity contribution in [3.8, 4) is 0 Å². The number of rotatable bonds is 2. The first-order valence-electron chi connectivity index (χ1n) is 6.25. The van der Waals surface area contributed by atoms with Gasteiger partial charge in [0.1, 0.15) is 0 Å². The third kappa shape index (κ3) is 2.09. The van der Waals surface area contributed by atoms with E-state index in [0.717, 1.165) is 31.1 Å². The van der Waals surface area contributed by atoms with Gasteiger partial charge in [0.25, 0.3) is 0 Å². The molecule has 6 heteroatoms. The number of fused-ring (bicyclic) bond motifs is 1. The Bertz CT molecular complexity index is 448. The van der Waals surface area contributed by atoms with Crippen LogP contribution in [0.4, 0.5) is 4.79 Å². The molecular formula is C12H17N3O2S. The molecule has 2 aliphatic rings. The Balaban J connectivity index is 1.59. The summed E-state index contributed by atoms with van der Waals surface area (Å²) in [5.41, 5.74) is 0. The van der Waals surface area contributed by atoms with E-state index >= 15 is 0 Å². The lowest BCUT2D eigenvalue weighted by Gasteiger charge is -2.15. The van der Waals surface area contributed by atoms with E-state index < -0.39 is 6.09 Å². The first-order valence-corrected chi connectivity index (χ1v) is 7.13. The summed E-state index contributed by atoms with van der Waals surface area (Å²) in [5.74, 6) is 1.11. The minimum absolute atomic E-state index is 0.555. The number of hydrogen-bond acceptors (Lipinski definition) is 3. The van der Waals surface area contributed by atoms with Crippen LogP contribution in [0.25, 0.3) is 0 Å². The highest BCUT2D eigenvalue weighted by Gasteiger charge is 2.42. The molecule has 2 heterocycles. The summed E-state index contributed by atoms with van der Waals surface area (Å²) >= 11 is 1.84. The highest BCUT2D eigenvalue weighted by molar-refractivity contribution is 7.99. The van der Waals surface area contributed by atoms with Gasteiger partial charge >= 0.3 is 6.09 Å². The molecule has 1 aromatic rings. The van der Waals surface area contributed by atoms with Crippen molar-refractivity contribution in [2.75, 3.05) is 13.1 Å². The van der Waals surface area contributed by atoms with Crippen LogP contribution in [0.3, 0.4) is 0 Å². The molecule has 0 aromatic carbocycles. The highest BCUT2D eigenvalue weighted by Crippen LogP contribution is 2.44. The standard InChI is InChI=1S/C12H17N3O2S/c1-14-3-2-13-11(14)18-10-4-8-6-15(12(16)17)7-9(8)5-10/h2-3,8-10H,4-7H2,1H3,(H,16,17)/t8-,9+,10?. The van der Waals surface area contributed by atoms with Gasteiger partial charge in [-0.3, -0.25) is 0 Å². The predicted octanol–water partition coefficient (Wildman–Crippen LogP) is 1.90. The van der Waals surface area contributed by atoms with Crippen LogP contribution in [0, 0.1) is 11.8 Å². The number of aromatic nitrogens is 2. The summed E-state index contributed by atoms with van der Waals surface area (Å²) < 4.78 is 2.04. The third-order valence-corrected chi connectivity index (χ3v) is 5.35. The molecule has 1 saturated carbocycles. The molecule has 5 nitrogen and oxygen atoms in total. The number of imidazole rings is 1. The molecule has 3 atom stereocenters. The molecule has 3 rings (SSSR count). The van der Waals surface area contributed by atoms with E-state index in [4.69, 9.17) is 5.11 Å². The van der Waals surface area contributed by atoms with Gasteiger partial charge in [0.2, 0.25) is 0 Å². The van der Waals surface area contributed by atoms with E-state index in [9.17, 15) is 4.79 Å². The summed E-state index contributed by atoms with van der Waals surface area (Å²) in [5, 5.41) is 10.6. The van der Waals surface area contributed by atoms with Gasteiger partial charge in [-0.25, -0.2) is 9.78 Å². The Hall–Kier alpha value is -1.17. The number of hydrogen-bond donors (Lipinski definition) is 1. The quantitative estimate of drug-likeness (QED) is 0.889. The van der Waals surface area contributed by atoms with Crippen LogP contribution in [-0.4, -0.2) is 44.0 Å². The number of thioether (sulfide) groups is 1. The smallest absolute Gasteiger partial charge is 0.407 e. The Morgan fingerprint density at radius 3 is 2.61 bits per heavy atom. The van der Waals surface area contributed by atoms with Gasteiger partial charge in [-0.2, -0.15) is 0 Å². The minimum atomic E-state index is -0.766. The van der Waals surface area contributed by atoms with E-state index in [2.05, 4.69) is 4.98 Å². The molecule has 0 spiro atoms. The Labute approximate surface area is 110 Å². The van der Waals surface area contributed by atoms with Crippen molar-refractivity contribution in [1.82, 2.24) is 14.5 Å². The zero-order chi connectivity index (χ0) is 12.7. The monoisotopic (exact) mass is 267 g/mol. The lowest BCUT2D eigenvalue weighted by molar-refractivity contribution is 0.152. The zero-order valence-corrected chi connectivity index (χ0v) is 11.1. The van der Waals surface area contributed by atoms with Gasteiger partial charge in [0.15, 0.2) is 5.16 Å². The topological polar surface area (TPSA) is 58.4 Å². The SMILES string of the molecule is Cn1ccnc1SC1C[C@@H]2CN(C(=O)O)C[C@@H]2C1. The van der Waals surface area contributed by atoms with Gasteiger partial charge in [-0.05, 0) is 24.7 Å². The van der Waals surface area contributed by atoms with Crippen molar-refractivity contribution >= 4 is 17.9 Å². The van der Waals surface area contributed by atoms with Gasteiger partial charge in [0, 0.05) is 37.8 Å². The summed E-state index contributed by atoms with van der Waals surface area (Å²) in [7, 11) is 2.01. The normalized spacial score (nSPS) is 30.7.